The molecule has 0 aromatic heterocycles. The van der Waals surface area contributed by atoms with E-state index in [1.165, 1.54) is 18.2 Å². The highest BCUT2D eigenvalue weighted by molar-refractivity contribution is 8.00. The zero-order chi connectivity index (χ0) is 14.7. The topological polar surface area (TPSA) is 66.4 Å². The zero-order valence-electron chi connectivity index (χ0n) is 11.6. The Balaban J connectivity index is 2.02. The predicted octanol–water partition coefficient (Wildman–Crippen LogP) is 2.64. The first-order chi connectivity index (χ1) is 9.49. The molecule has 0 bridgehead atoms. The number of carboxylic acids is 1. The Morgan fingerprint density at radius 1 is 1.45 bits per heavy atom. The third-order valence-electron chi connectivity index (χ3n) is 3.58. The number of benzene rings is 1. The van der Waals surface area contributed by atoms with E-state index in [-0.39, 0.29) is 5.91 Å². The van der Waals surface area contributed by atoms with Crippen molar-refractivity contribution in [2.24, 2.45) is 11.8 Å². The van der Waals surface area contributed by atoms with Crippen LogP contribution in [0, 0.1) is 11.8 Å². The van der Waals surface area contributed by atoms with Gasteiger partial charge in [-0.05, 0) is 37.3 Å². The van der Waals surface area contributed by atoms with Crippen LogP contribution in [0.4, 0.5) is 0 Å². The number of carbonyl (C=O) groups is 2. The van der Waals surface area contributed by atoms with Crippen LogP contribution in [0.2, 0.25) is 0 Å². The van der Waals surface area contributed by atoms with Crippen molar-refractivity contribution < 1.29 is 14.7 Å². The molecule has 4 nitrogen and oxygen atoms in total. The molecular formula is C15H19NO3S. The summed E-state index contributed by atoms with van der Waals surface area (Å²) in [4.78, 5) is 23.8. The summed E-state index contributed by atoms with van der Waals surface area (Å²) >= 11 is 1.20. The maximum absolute atomic E-state index is 12.2. The zero-order valence-corrected chi connectivity index (χ0v) is 12.4. The second-order valence-electron chi connectivity index (χ2n) is 5.28. The van der Waals surface area contributed by atoms with Gasteiger partial charge in [-0.3, -0.25) is 9.59 Å². The SMILES string of the molecule is CC(Sc1ccccc1C(=O)NCC1CC1C)C(=O)O. The first kappa shape index (κ1) is 14.9. The summed E-state index contributed by atoms with van der Waals surface area (Å²) in [6.45, 7) is 4.50. The van der Waals surface area contributed by atoms with Crippen molar-refractivity contribution in [1.29, 1.82) is 0 Å². The molecule has 1 aliphatic carbocycles. The third kappa shape index (κ3) is 3.76. The lowest BCUT2D eigenvalue weighted by atomic mass is 10.2. The van der Waals surface area contributed by atoms with E-state index in [9.17, 15) is 9.59 Å². The van der Waals surface area contributed by atoms with E-state index in [1.54, 1.807) is 25.1 Å². The van der Waals surface area contributed by atoms with Crippen LogP contribution in [0.1, 0.15) is 30.6 Å². The molecule has 3 unspecified atom stereocenters. The molecule has 1 amide bonds. The lowest BCUT2D eigenvalue weighted by Crippen LogP contribution is -2.26. The van der Waals surface area contributed by atoms with Gasteiger partial charge in [0.05, 0.1) is 5.56 Å². The Bertz CT molecular complexity index is 518. The van der Waals surface area contributed by atoms with Crippen molar-refractivity contribution in [2.75, 3.05) is 6.54 Å². The van der Waals surface area contributed by atoms with Crippen molar-refractivity contribution in [3.8, 4) is 0 Å². The number of hydrogen-bond acceptors (Lipinski definition) is 3. The largest absolute Gasteiger partial charge is 0.480 e. The van der Waals surface area contributed by atoms with Crippen molar-refractivity contribution >= 4 is 23.6 Å². The number of thioether (sulfide) groups is 1. The number of aliphatic carboxylic acids is 1. The minimum atomic E-state index is -0.878. The molecule has 0 aliphatic heterocycles. The van der Waals surface area contributed by atoms with Crippen LogP contribution in [-0.2, 0) is 4.79 Å². The summed E-state index contributed by atoms with van der Waals surface area (Å²) in [6.07, 6.45) is 1.17. The molecule has 1 fully saturated rings. The van der Waals surface area contributed by atoms with Crippen LogP contribution in [0.15, 0.2) is 29.2 Å². The van der Waals surface area contributed by atoms with Crippen LogP contribution in [0.5, 0.6) is 0 Å². The van der Waals surface area contributed by atoms with E-state index in [0.29, 0.717) is 28.8 Å². The smallest absolute Gasteiger partial charge is 0.316 e. The normalized spacial score (nSPS) is 22.1. The number of hydrogen-bond donors (Lipinski definition) is 2. The van der Waals surface area contributed by atoms with Gasteiger partial charge in [-0.15, -0.1) is 11.8 Å². The average molecular weight is 293 g/mol. The van der Waals surface area contributed by atoms with Crippen molar-refractivity contribution in [3.05, 3.63) is 29.8 Å². The fraction of sp³-hybridized carbons (Fsp3) is 0.467. The first-order valence-corrected chi connectivity index (χ1v) is 7.63. The summed E-state index contributed by atoms with van der Waals surface area (Å²) in [5, 5.41) is 11.3. The molecule has 20 heavy (non-hydrogen) atoms. The van der Waals surface area contributed by atoms with Crippen LogP contribution < -0.4 is 5.32 Å². The van der Waals surface area contributed by atoms with E-state index < -0.39 is 11.2 Å². The van der Waals surface area contributed by atoms with Gasteiger partial charge in [-0.25, -0.2) is 0 Å². The van der Waals surface area contributed by atoms with Crippen molar-refractivity contribution in [2.45, 2.75) is 30.4 Å². The highest BCUT2D eigenvalue weighted by Crippen LogP contribution is 2.36. The summed E-state index contributed by atoms with van der Waals surface area (Å²) in [5.41, 5.74) is 0.555. The number of carboxylic acid groups (broad SMARTS) is 1. The van der Waals surface area contributed by atoms with Crippen LogP contribution in [0.25, 0.3) is 0 Å². The van der Waals surface area contributed by atoms with Gasteiger partial charge in [-0.2, -0.15) is 0 Å². The van der Waals surface area contributed by atoms with Crippen molar-refractivity contribution in [3.63, 3.8) is 0 Å². The van der Waals surface area contributed by atoms with Gasteiger partial charge < -0.3 is 10.4 Å². The average Bonchev–Trinajstić information content (AvgIpc) is 3.12. The van der Waals surface area contributed by atoms with E-state index in [1.807, 2.05) is 6.07 Å². The van der Waals surface area contributed by atoms with E-state index in [0.717, 1.165) is 0 Å². The number of nitrogens with one attached hydrogen (secondary N) is 1. The summed E-state index contributed by atoms with van der Waals surface area (Å²) in [6, 6.07) is 7.14. The Morgan fingerprint density at radius 3 is 2.70 bits per heavy atom. The van der Waals surface area contributed by atoms with Crippen LogP contribution in [-0.4, -0.2) is 28.8 Å². The van der Waals surface area contributed by atoms with Gasteiger partial charge in [0.15, 0.2) is 0 Å². The van der Waals surface area contributed by atoms with E-state index in [4.69, 9.17) is 5.11 Å². The standard InChI is InChI=1S/C15H19NO3S/c1-9-7-11(9)8-16-14(17)12-5-3-4-6-13(12)20-10(2)15(18)19/h3-6,9-11H,7-8H2,1-2H3,(H,16,17)(H,18,19). The minimum absolute atomic E-state index is 0.121. The molecule has 0 spiro atoms. The monoisotopic (exact) mass is 293 g/mol. The fourth-order valence-corrected chi connectivity index (χ4v) is 2.93. The van der Waals surface area contributed by atoms with Gasteiger partial charge in [0, 0.05) is 11.4 Å². The van der Waals surface area contributed by atoms with Gasteiger partial charge in [0.1, 0.15) is 5.25 Å². The second-order valence-corrected chi connectivity index (χ2v) is 6.66. The maximum atomic E-state index is 12.2. The number of rotatable bonds is 6. The molecule has 1 aromatic carbocycles. The lowest BCUT2D eigenvalue weighted by Gasteiger charge is -2.11. The first-order valence-electron chi connectivity index (χ1n) is 6.75. The molecular weight excluding hydrogens is 274 g/mol. The Morgan fingerprint density at radius 2 is 2.10 bits per heavy atom. The summed E-state index contributed by atoms with van der Waals surface area (Å²) in [5.74, 6) is 0.297. The van der Waals surface area contributed by atoms with Crippen LogP contribution in [0.3, 0.4) is 0 Å². The van der Waals surface area contributed by atoms with Gasteiger partial charge in [0.2, 0.25) is 0 Å². The van der Waals surface area contributed by atoms with E-state index in [2.05, 4.69) is 12.2 Å². The molecule has 1 aromatic rings. The maximum Gasteiger partial charge on any atom is 0.316 e. The second kappa shape index (κ2) is 6.31. The minimum Gasteiger partial charge on any atom is -0.480 e. The Labute approximate surface area is 123 Å². The molecule has 0 saturated heterocycles. The van der Waals surface area contributed by atoms with Gasteiger partial charge in [0.25, 0.3) is 5.91 Å². The lowest BCUT2D eigenvalue weighted by molar-refractivity contribution is -0.136. The number of carbonyl (C=O) groups excluding carboxylic acids is 1. The molecule has 5 heteroatoms. The Hall–Kier alpha value is -1.49. The predicted molar refractivity (Wildman–Crippen MR) is 79.0 cm³/mol. The molecule has 3 atom stereocenters. The highest BCUT2D eigenvalue weighted by atomic mass is 32.2. The van der Waals surface area contributed by atoms with E-state index >= 15 is 0 Å². The molecule has 0 radical (unpaired) electrons. The molecule has 1 aliphatic rings. The fourth-order valence-electron chi connectivity index (χ4n) is 2.00. The van der Waals surface area contributed by atoms with Gasteiger partial charge in [-0.1, -0.05) is 19.1 Å². The quantitative estimate of drug-likeness (QED) is 0.791. The van der Waals surface area contributed by atoms with Gasteiger partial charge >= 0.3 is 5.97 Å². The van der Waals surface area contributed by atoms with Crippen molar-refractivity contribution in [1.82, 2.24) is 5.32 Å². The Kier molecular flexibility index (Phi) is 4.70. The third-order valence-corrected chi connectivity index (χ3v) is 4.75. The molecule has 2 rings (SSSR count). The molecule has 2 N–H and O–H groups in total. The molecule has 108 valence electrons. The summed E-state index contributed by atoms with van der Waals surface area (Å²) in [7, 11) is 0. The summed E-state index contributed by atoms with van der Waals surface area (Å²) < 4.78 is 0. The molecule has 0 heterocycles. The number of amides is 1. The highest BCUT2D eigenvalue weighted by Gasteiger charge is 2.32. The molecule has 1 saturated carbocycles. The van der Waals surface area contributed by atoms with Crippen LogP contribution >= 0.6 is 11.8 Å².